The molecule has 0 bridgehead atoms. The summed E-state index contributed by atoms with van der Waals surface area (Å²) in [6.07, 6.45) is 2.74. The number of aromatic nitrogens is 5. The maximum absolute atomic E-state index is 13.5. The van der Waals surface area contributed by atoms with Gasteiger partial charge in [0.2, 0.25) is 5.95 Å². The van der Waals surface area contributed by atoms with Crippen LogP contribution in [0.25, 0.3) is 11.2 Å². The Morgan fingerprint density at radius 1 is 1.12 bits per heavy atom. The Labute approximate surface area is 205 Å². The molecule has 2 aliphatic heterocycles. The van der Waals surface area contributed by atoms with Crippen LogP contribution in [0, 0.1) is 0 Å². The lowest BCUT2D eigenvalue weighted by Crippen LogP contribution is -2.46. The molecule has 34 heavy (non-hydrogen) atoms. The number of nitrogens with zero attached hydrogens (tertiary/aromatic N) is 6. The van der Waals surface area contributed by atoms with Crippen molar-refractivity contribution in [2.24, 2.45) is 0 Å². The van der Waals surface area contributed by atoms with Gasteiger partial charge in [-0.25, -0.2) is 4.52 Å². The Morgan fingerprint density at radius 2 is 1.91 bits per heavy atom. The van der Waals surface area contributed by atoms with E-state index in [-0.39, 0.29) is 36.8 Å². The lowest BCUT2D eigenvalue weighted by molar-refractivity contribution is 0.0983. The number of fused-ring (bicyclic) bond motifs is 2. The lowest BCUT2D eigenvalue weighted by Gasteiger charge is -2.43. The fraction of sp³-hybridized carbons (Fsp3) is 0.227. The Hall–Kier alpha value is -3.57. The highest BCUT2D eigenvalue weighted by Crippen LogP contribution is 2.40. The average molecular weight is 497 g/mol. The van der Waals surface area contributed by atoms with Crippen LogP contribution in [0.5, 0.6) is 0 Å². The second-order valence-electron chi connectivity index (χ2n) is 8.02. The van der Waals surface area contributed by atoms with E-state index in [0.717, 1.165) is 6.42 Å². The second kappa shape index (κ2) is 8.33. The molecule has 1 aromatic carbocycles. The van der Waals surface area contributed by atoms with Crippen molar-refractivity contribution in [1.29, 1.82) is 0 Å². The molecule has 0 radical (unpaired) electrons. The van der Waals surface area contributed by atoms with E-state index in [9.17, 15) is 9.59 Å². The molecule has 6 rings (SSSR count). The highest BCUT2D eigenvalue weighted by molar-refractivity contribution is 7.59. The minimum atomic E-state index is -0.295. The van der Waals surface area contributed by atoms with Crippen LogP contribution in [0.15, 0.2) is 47.4 Å². The van der Waals surface area contributed by atoms with E-state index in [1.54, 1.807) is 16.8 Å². The highest BCUT2D eigenvalue weighted by Gasteiger charge is 2.39. The van der Waals surface area contributed by atoms with Gasteiger partial charge in [-0.2, -0.15) is 28.6 Å². The van der Waals surface area contributed by atoms with E-state index < -0.39 is 0 Å². The Bertz CT molecular complexity index is 1490. The molecule has 3 N–H and O–H groups in total. The lowest BCUT2D eigenvalue weighted by atomic mass is 9.98. The molecule has 12 heteroatoms. The van der Waals surface area contributed by atoms with Gasteiger partial charge >= 0.3 is 0 Å². The van der Waals surface area contributed by atoms with Crippen molar-refractivity contribution in [3.8, 4) is 5.69 Å². The van der Waals surface area contributed by atoms with Gasteiger partial charge in [-0.15, -0.1) is 0 Å². The standard InChI is InChI=1S/C22H19ClN8O2.H2S/c23-13-7-11-30-17(13)21(33)31(12-4-2-1-3-5-12)19(28-30)14-8-10-29(14)20-16-15(32)6-9-25-18(16)26-22(24)27-20;/h1-5,7,11,14H,6,8-10H2,(H3,24,25,26,27);1H2/t14-;/m0./s1. The number of nitrogens with one attached hydrogen (secondary N) is 1. The number of nitrogens with two attached hydrogens (primary N) is 1. The molecule has 0 amide bonds. The Kier molecular flexibility index (Phi) is 5.45. The van der Waals surface area contributed by atoms with E-state index in [4.69, 9.17) is 22.4 Å². The van der Waals surface area contributed by atoms with Crippen LogP contribution in [0.4, 0.5) is 17.6 Å². The number of carbonyl (C=O) groups is 1. The van der Waals surface area contributed by atoms with Crippen molar-refractivity contribution < 1.29 is 4.79 Å². The first kappa shape index (κ1) is 22.2. The molecule has 0 aliphatic carbocycles. The molecule has 10 nitrogen and oxygen atoms in total. The van der Waals surface area contributed by atoms with Gasteiger partial charge in [-0.3, -0.25) is 14.2 Å². The van der Waals surface area contributed by atoms with Crippen LogP contribution < -0.4 is 21.5 Å². The number of ketones is 1. The second-order valence-corrected chi connectivity index (χ2v) is 8.43. The third-order valence-electron chi connectivity index (χ3n) is 6.10. The number of nitrogen functional groups attached to an aromatic ring is 1. The number of anilines is 3. The number of hydrogen-bond donors (Lipinski definition) is 2. The molecule has 1 fully saturated rings. The molecule has 3 aromatic heterocycles. The maximum Gasteiger partial charge on any atom is 0.284 e. The molecule has 174 valence electrons. The van der Waals surface area contributed by atoms with Crippen LogP contribution >= 0.6 is 25.1 Å². The SMILES string of the molecule is Nc1nc2c(c(N3CC[C@H]3c3nn4ccc(Cl)c4c(=O)n3-c3ccccc3)n1)C(=O)CCN2.S. The minimum Gasteiger partial charge on any atom is -0.369 e. The molecular weight excluding hydrogens is 476 g/mol. The zero-order valence-corrected chi connectivity index (χ0v) is 19.7. The van der Waals surface area contributed by atoms with E-state index in [1.165, 1.54) is 4.52 Å². The fourth-order valence-corrected chi connectivity index (χ4v) is 4.70. The first-order valence-electron chi connectivity index (χ1n) is 10.6. The van der Waals surface area contributed by atoms with Gasteiger partial charge in [0.05, 0.1) is 16.8 Å². The van der Waals surface area contributed by atoms with E-state index in [2.05, 4.69) is 15.3 Å². The molecule has 0 unspecified atom stereocenters. The Balaban J connectivity index is 0.00000241. The summed E-state index contributed by atoms with van der Waals surface area (Å²) in [6.45, 7) is 1.14. The number of para-hydroxylation sites is 1. The van der Waals surface area contributed by atoms with Gasteiger partial charge in [0.1, 0.15) is 22.7 Å². The summed E-state index contributed by atoms with van der Waals surface area (Å²) in [4.78, 5) is 36.9. The number of carbonyl (C=O) groups excluding carboxylic acids is 1. The van der Waals surface area contributed by atoms with Crippen LogP contribution in [0.3, 0.4) is 0 Å². The van der Waals surface area contributed by atoms with Crippen molar-refractivity contribution in [2.45, 2.75) is 18.9 Å². The maximum atomic E-state index is 13.5. The third kappa shape index (κ3) is 3.31. The summed E-state index contributed by atoms with van der Waals surface area (Å²) in [5.41, 5.74) is 7.11. The zero-order valence-electron chi connectivity index (χ0n) is 17.9. The van der Waals surface area contributed by atoms with Crippen molar-refractivity contribution in [2.75, 3.05) is 29.0 Å². The van der Waals surface area contributed by atoms with Gasteiger partial charge in [0, 0.05) is 25.7 Å². The molecule has 5 heterocycles. The number of rotatable bonds is 3. The summed E-state index contributed by atoms with van der Waals surface area (Å²) in [5, 5.41) is 8.24. The van der Waals surface area contributed by atoms with Crippen molar-refractivity contribution >= 4 is 54.0 Å². The highest BCUT2D eigenvalue weighted by atomic mass is 35.5. The smallest absolute Gasteiger partial charge is 0.284 e. The third-order valence-corrected chi connectivity index (χ3v) is 6.40. The predicted molar refractivity (Wildman–Crippen MR) is 135 cm³/mol. The van der Waals surface area contributed by atoms with Crippen molar-refractivity contribution in [1.82, 2.24) is 24.1 Å². The summed E-state index contributed by atoms with van der Waals surface area (Å²) in [5.74, 6) is 1.48. The zero-order chi connectivity index (χ0) is 22.7. The molecular formula is C22H21ClN8O2S. The fourth-order valence-electron chi connectivity index (χ4n) is 4.48. The van der Waals surface area contributed by atoms with Crippen LogP contribution in [-0.2, 0) is 0 Å². The van der Waals surface area contributed by atoms with E-state index in [1.807, 2.05) is 35.2 Å². The van der Waals surface area contributed by atoms with Gasteiger partial charge in [0.15, 0.2) is 11.6 Å². The monoisotopic (exact) mass is 496 g/mol. The summed E-state index contributed by atoms with van der Waals surface area (Å²) in [6, 6.07) is 10.7. The van der Waals surface area contributed by atoms with Crippen LogP contribution in [0.2, 0.25) is 5.02 Å². The topological polar surface area (TPSA) is 123 Å². The first-order valence-corrected chi connectivity index (χ1v) is 11.0. The summed E-state index contributed by atoms with van der Waals surface area (Å²) < 4.78 is 3.08. The van der Waals surface area contributed by atoms with Crippen LogP contribution in [0.1, 0.15) is 35.1 Å². The molecule has 1 saturated heterocycles. The number of hydrogen-bond acceptors (Lipinski definition) is 8. The van der Waals surface area contributed by atoms with Crippen LogP contribution in [-0.4, -0.2) is 43.0 Å². The van der Waals surface area contributed by atoms with E-state index >= 15 is 0 Å². The average Bonchev–Trinajstić information content (AvgIpc) is 3.14. The molecule has 4 aromatic rings. The Morgan fingerprint density at radius 3 is 2.65 bits per heavy atom. The number of halogens is 1. The molecule has 0 saturated carbocycles. The molecule has 0 spiro atoms. The van der Waals surface area contributed by atoms with Gasteiger partial charge in [0.25, 0.3) is 5.56 Å². The quantitative estimate of drug-likeness (QED) is 0.443. The van der Waals surface area contributed by atoms with Gasteiger partial charge in [-0.05, 0) is 24.6 Å². The largest absolute Gasteiger partial charge is 0.369 e. The van der Waals surface area contributed by atoms with E-state index in [0.29, 0.717) is 58.8 Å². The van der Waals surface area contributed by atoms with Crippen molar-refractivity contribution in [3.05, 3.63) is 69.4 Å². The molecule has 2 aliphatic rings. The van der Waals surface area contributed by atoms with Gasteiger partial charge < -0.3 is 16.0 Å². The number of Topliss-reactive ketones (excluding diaryl/α,β-unsaturated/α-hetero) is 1. The van der Waals surface area contributed by atoms with Gasteiger partial charge in [-0.1, -0.05) is 29.8 Å². The normalized spacial score (nSPS) is 17.0. The number of benzene rings is 1. The minimum absolute atomic E-state index is 0. The predicted octanol–water partition coefficient (Wildman–Crippen LogP) is 2.57. The first-order chi connectivity index (χ1) is 16.0. The summed E-state index contributed by atoms with van der Waals surface area (Å²) in [7, 11) is 0. The summed E-state index contributed by atoms with van der Waals surface area (Å²) >= 11 is 6.29. The van der Waals surface area contributed by atoms with Crippen molar-refractivity contribution in [3.63, 3.8) is 0 Å². The molecule has 1 atom stereocenters.